The Kier molecular flexibility index (Phi) is 4.36. The van der Waals surface area contributed by atoms with Crippen molar-refractivity contribution in [1.29, 1.82) is 0 Å². The number of thiophene rings is 1. The second-order valence-electron chi connectivity index (χ2n) is 6.57. The van der Waals surface area contributed by atoms with Crippen molar-refractivity contribution in [3.8, 4) is 10.4 Å². The van der Waals surface area contributed by atoms with E-state index in [1.165, 1.54) is 42.3 Å². The van der Waals surface area contributed by atoms with Gasteiger partial charge in [-0.3, -0.25) is 4.98 Å². The fourth-order valence-corrected chi connectivity index (χ4v) is 4.60. The molecule has 6 aromatic rings. The fourth-order valence-electron chi connectivity index (χ4n) is 3.51. The number of rotatable bonds is 1. The molecule has 3 heteroatoms. The van der Waals surface area contributed by atoms with Gasteiger partial charge < -0.3 is 4.98 Å². The Balaban J connectivity index is 0.000000246. The number of aromatic nitrogens is 2. The molecule has 134 valence electrons. The van der Waals surface area contributed by atoms with Crippen LogP contribution in [-0.4, -0.2) is 9.97 Å². The molecule has 0 spiro atoms. The number of hydrogen-bond donors (Lipinski definition) is 1. The molecule has 0 saturated carbocycles. The van der Waals surface area contributed by atoms with Crippen LogP contribution in [0.25, 0.3) is 42.3 Å². The van der Waals surface area contributed by atoms with E-state index in [2.05, 4.69) is 82.8 Å². The van der Waals surface area contributed by atoms with Crippen LogP contribution < -0.4 is 0 Å². The minimum Gasteiger partial charge on any atom is -0.354 e. The molecule has 1 N–H and O–H groups in total. The second-order valence-corrected chi connectivity index (χ2v) is 7.66. The summed E-state index contributed by atoms with van der Waals surface area (Å²) in [5.74, 6) is 0. The highest BCUT2D eigenvalue weighted by Gasteiger charge is 2.11. The molecule has 0 amide bonds. The van der Waals surface area contributed by atoms with Crippen molar-refractivity contribution < 1.29 is 0 Å². The van der Waals surface area contributed by atoms with Crippen molar-refractivity contribution in [2.45, 2.75) is 0 Å². The van der Waals surface area contributed by atoms with Crippen LogP contribution in [0.5, 0.6) is 0 Å². The molecule has 3 aromatic carbocycles. The van der Waals surface area contributed by atoms with Gasteiger partial charge in [-0.05, 0) is 35.7 Å². The Hall–Kier alpha value is -3.43. The molecular weight excluding hydrogens is 360 g/mol. The molecule has 0 aliphatic heterocycles. The summed E-state index contributed by atoms with van der Waals surface area (Å²) in [5, 5.41) is 3.90. The van der Waals surface area contributed by atoms with Gasteiger partial charge in [0, 0.05) is 43.8 Å². The van der Waals surface area contributed by atoms with E-state index >= 15 is 0 Å². The van der Waals surface area contributed by atoms with Crippen LogP contribution in [0.1, 0.15) is 0 Å². The minimum atomic E-state index is 1.20. The first-order valence-corrected chi connectivity index (χ1v) is 10.1. The lowest BCUT2D eigenvalue weighted by Gasteiger charge is -1.99. The highest BCUT2D eigenvalue weighted by atomic mass is 32.1. The molecule has 3 aromatic heterocycles. The van der Waals surface area contributed by atoms with Crippen molar-refractivity contribution in [2.75, 3.05) is 0 Å². The van der Waals surface area contributed by atoms with Gasteiger partial charge >= 0.3 is 0 Å². The van der Waals surface area contributed by atoms with Crippen molar-refractivity contribution in [1.82, 2.24) is 9.97 Å². The number of nitrogens with one attached hydrogen (secondary N) is 1. The third-order valence-electron chi connectivity index (χ3n) is 4.80. The third kappa shape index (κ3) is 3.06. The molecule has 0 atom stereocenters. The summed E-state index contributed by atoms with van der Waals surface area (Å²) in [6.45, 7) is 0. The van der Waals surface area contributed by atoms with Crippen LogP contribution in [0.2, 0.25) is 0 Å². The van der Waals surface area contributed by atoms with E-state index in [0.29, 0.717) is 0 Å². The van der Waals surface area contributed by atoms with Crippen LogP contribution in [-0.2, 0) is 0 Å². The zero-order valence-electron chi connectivity index (χ0n) is 15.2. The largest absolute Gasteiger partial charge is 0.354 e. The Bertz CT molecular complexity index is 1300. The van der Waals surface area contributed by atoms with E-state index in [0.717, 1.165) is 0 Å². The molecule has 3 heterocycles. The van der Waals surface area contributed by atoms with E-state index in [4.69, 9.17) is 0 Å². The van der Waals surface area contributed by atoms with Gasteiger partial charge in [-0.1, -0.05) is 60.7 Å². The normalized spacial score (nSPS) is 10.9. The van der Waals surface area contributed by atoms with Crippen molar-refractivity contribution >= 4 is 43.2 Å². The molecule has 0 fully saturated rings. The molecule has 6 rings (SSSR count). The Morgan fingerprint density at radius 1 is 0.679 bits per heavy atom. The monoisotopic (exact) mass is 378 g/mol. The standard InChI is InChI=1S/C20H13NS.C5H5N/c1-4-11-18-13(6-1)12-19(22-18)16-9-5-8-15-14-7-2-3-10-17(14)21-20(15)16;1-2-4-6-5-3-1/h1-12,21H;1-5H. The maximum Gasteiger partial charge on any atom is 0.0552 e. The van der Waals surface area contributed by atoms with E-state index < -0.39 is 0 Å². The first-order valence-electron chi connectivity index (χ1n) is 9.23. The lowest BCUT2D eigenvalue weighted by atomic mass is 10.1. The maximum atomic E-state index is 3.78. The summed E-state index contributed by atoms with van der Waals surface area (Å²) in [4.78, 5) is 8.70. The topological polar surface area (TPSA) is 28.7 Å². The van der Waals surface area contributed by atoms with Crippen LogP contribution in [0.15, 0.2) is 103 Å². The molecule has 0 unspecified atom stereocenters. The Morgan fingerprint density at radius 2 is 1.46 bits per heavy atom. The summed E-state index contributed by atoms with van der Waals surface area (Å²) < 4.78 is 1.34. The Labute approximate surface area is 167 Å². The van der Waals surface area contributed by atoms with Crippen LogP contribution in [0.4, 0.5) is 0 Å². The maximum absolute atomic E-state index is 3.78. The number of H-pyrrole nitrogens is 1. The van der Waals surface area contributed by atoms with Crippen LogP contribution in [0.3, 0.4) is 0 Å². The highest BCUT2D eigenvalue weighted by Crippen LogP contribution is 2.38. The summed E-state index contributed by atoms with van der Waals surface area (Å²) in [5.41, 5.74) is 3.72. The molecule has 0 radical (unpaired) electrons. The van der Waals surface area contributed by atoms with Crippen molar-refractivity contribution in [3.05, 3.63) is 103 Å². The number of fused-ring (bicyclic) bond motifs is 4. The number of nitrogens with zero attached hydrogens (tertiary/aromatic N) is 1. The summed E-state index contributed by atoms with van der Waals surface area (Å²) >= 11 is 1.86. The van der Waals surface area contributed by atoms with Gasteiger partial charge in [0.15, 0.2) is 0 Å². The number of benzene rings is 3. The van der Waals surface area contributed by atoms with E-state index in [9.17, 15) is 0 Å². The van der Waals surface area contributed by atoms with E-state index in [1.807, 2.05) is 29.5 Å². The molecular formula is C25H18N2S. The smallest absolute Gasteiger partial charge is 0.0552 e. The lowest BCUT2D eigenvalue weighted by Crippen LogP contribution is -1.75. The Morgan fingerprint density at radius 3 is 2.25 bits per heavy atom. The quantitative estimate of drug-likeness (QED) is 0.320. The third-order valence-corrected chi connectivity index (χ3v) is 5.95. The zero-order chi connectivity index (χ0) is 18.8. The SMILES string of the molecule is c1ccc2sc(-c3cccc4c3[nH]c3ccccc34)cc2c1.c1ccncc1. The number of para-hydroxylation sites is 2. The van der Waals surface area contributed by atoms with Gasteiger partial charge in [0.25, 0.3) is 0 Å². The van der Waals surface area contributed by atoms with Gasteiger partial charge in [0.2, 0.25) is 0 Å². The predicted molar refractivity (Wildman–Crippen MR) is 121 cm³/mol. The highest BCUT2D eigenvalue weighted by molar-refractivity contribution is 7.22. The van der Waals surface area contributed by atoms with Crippen LogP contribution >= 0.6 is 11.3 Å². The average molecular weight is 379 g/mol. The minimum absolute atomic E-state index is 1.20. The molecule has 2 nitrogen and oxygen atoms in total. The van der Waals surface area contributed by atoms with E-state index in [-0.39, 0.29) is 0 Å². The van der Waals surface area contributed by atoms with Gasteiger partial charge in [-0.25, -0.2) is 0 Å². The number of pyridine rings is 1. The summed E-state index contributed by atoms with van der Waals surface area (Å²) in [6, 6.07) is 31.7. The molecule has 0 aliphatic rings. The number of aromatic amines is 1. The van der Waals surface area contributed by atoms with Gasteiger partial charge in [0.1, 0.15) is 0 Å². The first-order chi connectivity index (χ1) is 13.9. The summed E-state index contributed by atoms with van der Waals surface area (Å²) in [7, 11) is 0. The molecule has 0 saturated heterocycles. The van der Waals surface area contributed by atoms with Gasteiger partial charge in [-0.15, -0.1) is 11.3 Å². The molecule has 0 aliphatic carbocycles. The average Bonchev–Trinajstić information content (AvgIpc) is 3.37. The van der Waals surface area contributed by atoms with Crippen LogP contribution in [0, 0.1) is 0 Å². The first kappa shape index (κ1) is 16.7. The van der Waals surface area contributed by atoms with E-state index in [1.54, 1.807) is 12.4 Å². The summed E-state index contributed by atoms with van der Waals surface area (Å²) in [6.07, 6.45) is 3.50. The predicted octanol–water partition coefficient (Wildman–Crippen LogP) is 7.28. The molecule has 28 heavy (non-hydrogen) atoms. The second kappa shape index (κ2) is 7.29. The zero-order valence-corrected chi connectivity index (χ0v) is 16.0. The van der Waals surface area contributed by atoms with Crippen molar-refractivity contribution in [3.63, 3.8) is 0 Å². The van der Waals surface area contributed by atoms with Gasteiger partial charge in [0.05, 0.1) is 5.52 Å². The number of hydrogen-bond acceptors (Lipinski definition) is 2. The lowest BCUT2D eigenvalue weighted by molar-refractivity contribution is 1.33. The molecule has 0 bridgehead atoms. The fraction of sp³-hybridized carbons (Fsp3) is 0. The van der Waals surface area contributed by atoms with Crippen molar-refractivity contribution in [2.24, 2.45) is 0 Å². The van der Waals surface area contributed by atoms with Gasteiger partial charge in [-0.2, -0.15) is 0 Å².